The van der Waals surface area contributed by atoms with Crippen molar-refractivity contribution in [1.82, 2.24) is 4.98 Å². The highest BCUT2D eigenvalue weighted by atomic mass is 32.1. The standard InChI is InChI=1S/C8H6N2S/c1-6-2-7-8(4-9-3-6)11-5-10-7/h2,4-5H,1H3. The molecule has 1 aromatic rings. The maximum absolute atomic E-state index is 4.18. The molecule has 2 heterocycles. The summed E-state index contributed by atoms with van der Waals surface area (Å²) >= 11 is 1.60. The molecular formula is C8H6N2S. The molecule has 0 spiro atoms. The second kappa shape index (κ2) is 2.46. The first-order chi connectivity index (χ1) is 5.36. The van der Waals surface area contributed by atoms with Crippen molar-refractivity contribution in [3.63, 3.8) is 0 Å². The minimum Gasteiger partial charge on any atom is -0.245 e. The maximum atomic E-state index is 4.18. The van der Waals surface area contributed by atoms with Crippen LogP contribution in [0.1, 0.15) is 6.92 Å². The molecule has 0 radical (unpaired) electrons. The third-order valence-corrected chi connectivity index (χ3v) is 2.18. The Kier molecular flexibility index (Phi) is 1.46. The molecule has 2 nitrogen and oxygen atoms in total. The van der Waals surface area contributed by atoms with Crippen LogP contribution in [0.3, 0.4) is 0 Å². The molecule has 3 heteroatoms. The molecule has 1 aliphatic heterocycles. The summed E-state index contributed by atoms with van der Waals surface area (Å²) in [4.78, 5) is 8.17. The van der Waals surface area contributed by atoms with Crippen LogP contribution in [0.15, 0.2) is 16.1 Å². The van der Waals surface area contributed by atoms with Gasteiger partial charge in [0.25, 0.3) is 0 Å². The molecule has 0 bridgehead atoms. The van der Waals surface area contributed by atoms with E-state index < -0.39 is 0 Å². The normalized spacial score (nSPS) is 14.1. The SMILES string of the molecule is CC1=C=NC=c2scnc2=C1. The van der Waals surface area contributed by atoms with E-state index in [2.05, 4.69) is 15.8 Å². The van der Waals surface area contributed by atoms with Gasteiger partial charge in [-0.1, -0.05) is 0 Å². The van der Waals surface area contributed by atoms with Crippen LogP contribution in [0.2, 0.25) is 0 Å². The highest BCUT2D eigenvalue weighted by molar-refractivity contribution is 7.07. The zero-order valence-electron chi connectivity index (χ0n) is 6.03. The molecule has 54 valence electrons. The van der Waals surface area contributed by atoms with Crippen molar-refractivity contribution in [2.45, 2.75) is 6.92 Å². The van der Waals surface area contributed by atoms with E-state index in [1.54, 1.807) is 17.5 Å². The summed E-state index contributed by atoms with van der Waals surface area (Å²) in [7, 11) is 0. The lowest BCUT2D eigenvalue weighted by Gasteiger charge is -1.76. The van der Waals surface area contributed by atoms with Gasteiger partial charge in [0.05, 0.1) is 21.6 Å². The second-order valence-corrected chi connectivity index (χ2v) is 3.19. The monoisotopic (exact) mass is 162 g/mol. The van der Waals surface area contributed by atoms with E-state index >= 15 is 0 Å². The molecule has 1 aliphatic rings. The predicted octanol–water partition coefficient (Wildman–Crippen LogP) is 0.291. The van der Waals surface area contributed by atoms with Crippen molar-refractivity contribution in [3.8, 4) is 0 Å². The Bertz CT molecular complexity index is 447. The van der Waals surface area contributed by atoms with Crippen LogP contribution in [-0.4, -0.2) is 10.9 Å². The van der Waals surface area contributed by atoms with Crippen LogP contribution in [0.4, 0.5) is 0 Å². The summed E-state index contributed by atoms with van der Waals surface area (Å²) < 4.78 is 1.11. The van der Waals surface area contributed by atoms with Crippen LogP contribution >= 0.6 is 11.3 Å². The number of fused-ring (bicyclic) bond motifs is 1. The van der Waals surface area contributed by atoms with E-state index in [-0.39, 0.29) is 0 Å². The average Bonchev–Trinajstić information content (AvgIpc) is 2.31. The molecule has 0 atom stereocenters. The average molecular weight is 162 g/mol. The molecular weight excluding hydrogens is 156 g/mol. The summed E-state index contributed by atoms with van der Waals surface area (Å²) in [6.45, 7) is 1.96. The Morgan fingerprint density at radius 2 is 2.45 bits per heavy atom. The minimum absolute atomic E-state index is 1.00. The number of hydrogen-bond acceptors (Lipinski definition) is 3. The van der Waals surface area contributed by atoms with Crippen molar-refractivity contribution < 1.29 is 0 Å². The van der Waals surface area contributed by atoms with Gasteiger partial charge in [-0.2, -0.15) is 0 Å². The molecule has 0 saturated carbocycles. The Labute approximate surface area is 67.9 Å². The van der Waals surface area contributed by atoms with Gasteiger partial charge in [-0.15, -0.1) is 11.3 Å². The lowest BCUT2D eigenvalue weighted by molar-refractivity contribution is 1.31. The molecule has 1 aromatic heterocycles. The van der Waals surface area contributed by atoms with Gasteiger partial charge >= 0.3 is 0 Å². The van der Waals surface area contributed by atoms with Gasteiger partial charge in [0.1, 0.15) is 0 Å². The molecule has 0 saturated heterocycles. The zero-order valence-corrected chi connectivity index (χ0v) is 6.85. The molecule has 11 heavy (non-hydrogen) atoms. The third-order valence-electron chi connectivity index (χ3n) is 1.40. The predicted molar refractivity (Wildman–Crippen MR) is 46.9 cm³/mol. The Balaban J connectivity index is 2.87. The number of allylic oxidation sites excluding steroid dienone is 1. The van der Waals surface area contributed by atoms with E-state index in [0.29, 0.717) is 0 Å². The topological polar surface area (TPSA) is 25.2 Å². The Hall–Kier alpha value is -1.18. The first-order valence-electron chi connectivity index (χ1n) is 3.27. The van der Waals surface area contributed by atoms with E-state index in [4.69, 9.17) is 0 Å². The van der Waals surface area contributed by atoms with E-state index in [1.807, 2.05) is 18.5 Å². The molecule has 0 amide bonds. The van der Waals surface area contributed by atoms with Gasteiger partial charge in [0.2, 0.25) is 0 Å². The lowest BCUT2D eigenvalue weighted by Crippen LogP contribution is -2.19. The van der Waals surface area contributed by atoms with Gasteiger partial charge in [-0.3, -0.25) is 0 Å². The lowest BCUT2D eigenvalue weighted by atomic mass is 10.3. The van der Waals surface area contributed by atoms with Crippen molar-refractivity contribution in [1.29, 1.82) is 0 Å². The number of nitrogens with zero attached hydrogens (tertiary/aromatic N) is 2. The van der Waals surface area contributed by atoms with Crippen molar-refractivity contribution in [3.05, 3.63) is 21.0 Å². The number of aliphatic imine (C=N–C) groups is 1. The van der Waals surface area contributed by atoms with Crippen LogP contribution < -0.4 is 9.88 Å². The van der Waals surface area contributed by atoms with Crippen LogP contribution in [-0.2, 0) is 0 Å². The summed E-state index contributed by atoms with van der Waals surface area (Å²) in [5, 5.41) is 1.00. The quantitative estimate of drug-likeness (QED) is 0.538. The molecule has 2 rings (SSSR count). The van der Waals surface area contributed by atoms with Crippen LogP contribution in [0.25, 0.3) is 12.3 Å². The molecule has 0 unspecified atom stereocenters. The fourth-order valence-corrected chi connectivity index (χ4v) is 1.52. The van der Waals surface area contributed by atoms with Gasteiger partial charge in [0, 0.05) is 5.57 Å². The first kappa shape index (κ1) is 6.53. The van der Waals surface area contributed by atoms with Crippen molar-refractivity contribution in [2.24, 2.45) is 4.99 Å². The van der Waals surface area contributed by atoms with Crippen molar-refractivity contribution >= 4 is 29.5 Å². The van der Waals surface area contributed by atoms with Crippen LogP contribution in [0.5, 0.6) is 0 Å². The van der Waals surface area contributed by atoms with Gasteiger partial charge < -0.3 is 0 Å². The highest BCUT2D eigenvalue weighted by Gasteiger charge is 1.91. The number of thiazole rings is 1. The molecule has 0 fully saturated rings. The van der Waals surface area contributed by atoms with Crippen molar-refractivity contribution in [2.75, 3.05) is 0 Å². The number of aromatic nitrogens is 1. The number of hydrogen-bond donors (Lipinski definition) is 0. The fourth-order valence-electron chi connectivity index (χ4n) is 0.899. The van der Waals surface area contributed by atoms with Gasteiger partial charge in [0.15, 0.2) is 0 Å². The highest BCUT2D eigenvalue weighted by Crippen LogP contribution is 1.89. The third kappa shape index (κ3) is 1.16. The Morgan fingerprint density at radius 1 is 1.55 bits per heavy atom. The van der Waals surface area contributed by atoms with Gasteiger partial charge in [-0.25, -0.2) is 9.98 Å². The first-order valence-corrected chi connectivity index (χ1v) is 4.15. The summed E-state index contributed by atoms with van der Waals surface area (Å²) in [5.74, 6) is 2.87. The van der Waals surface area contributed by atoms with Gasteiger partial charge in [-0.05, 0) is 18.9 Å². The minimum atomic E-state index is 1.00. The summed E-state index contributed by atoms with van der Waals surface area (Å²) in [6.07, 6.45) is 3.78. The molecule has 0 N–H and O–H groups in total. The molecule has 0 aromatic carbocycles. The largest absolute Gasteiger partial charge is 0.245 e. The Morgan fingerprint density at radius 3 is 3.36 bits per heavy atom. The van der Waals surface area contributed by atoms with E-state index in [9.17, 15) is 0 Å². The number of rotatable bonds is 0. The molecule has 0 aliphatic carbocycles. The smallest absolute Gasteiger partial charge is 0.0837 e. The maximum Gasteiger partial charge on any atom is 0.0837 e. The van der Waals surface area contributed by atoms with E-state index in [1.165, 1.54) is 0 Å². The second-order valence-electron chi connectivity index (χ2n) is 2.30. The summed E-state index contributed by atoms with van der Waals surface area (Å²) in [6, 6.07) is 0. The van der Waals surface area contributed by atoms with E-state index in [0.717, 1.165) is 15.5 Å². The fraction of sp³-hybridized carbons (Fsp3) is 0.125. The summed E-state index contributed by atoms with van der Waals surface area (Å²) in [5.41, 5.74) is 2.84. The van der Waals surface area contributed by atoms with Crippen LogP contribution in [0, 0.1) is 0 Å². The zero-order chi connectivity index (χ0) is 7.68.